The molecule has 0 unspecified atom stereocenters. The fraction of sp³-hybridized carbons (Fsp3) is 0.417. The zero-order valence-electron chi connectivity index (χ0n) is 9.55. The molecule has 1 aromatic carbocycles. The largest absolute Gasteiger partial charge is 0.504 e. The number of hydrogen-bond acceptors (Lipinski definition) is 4. The second kappa shape index (κ2) is 4.16. The van der Waals surface area contributed by atoms with E-state index in [4.69, 9.17) is 0 Å². The van der Waals surface area contributed by atoms with E-state index in [1.54, 1.807) is 11.9 Å². The summed E-state index contributed by atoms with van der Waals surface area (Å²) in [6, 6.07) is 2.56. The first kappa shape index (κ1) is 11.6. The number of phenols is 3. The zero-order valence-corrected chi connectivity index (χ0v) is 9.55. The van der Waals surface area contributed by atoms with Crippen LogP contribution in [0.25, 0.3) is 0 Å². The van der Waals surface area contributed by atoms with E-state index in [1.807, 2.05) is 0 Å². The summed E-state index contributed by atoms with van der Waals surface area (Å²) in [7, 11) is 1.70. The third kappa shape index (κ3) is 2.00. The van der Waals surface area contributed by atoms with Gasteiger partial charge in [0.05, 0.1) is 0 Å². The zero-order chi connectivity index (χ0) is 12.6. The van der Waals surface area contributed by atoms with Crippen molar-refractivity contribution in [2.75, 3.05) is 7.05 Å². The predicted molar refractivity (Wildman–Crippen MR) is 61.2 cm³/mol. The summed E-state index contributed by atoms with van der Waals surface area (Å²) in [5.74, 6) is -1.85. The number of carbonyl (C=O) groups is 1. The Kier molecular flexibility index (Phi) is 2.83. The lowest BCUT2D eigenvalue weighted by Gasteiger charge is -2.34. The normalized spacial score (nSPS) is 15.4. The van der Waals surface area contributed by atoms with Gasteiger partial charge < -0.3 is 20.2 Å². The van der Waals surface area contributed by atoms with Crippen LogP contribution in [0.1, 0.15) is 29.6 Å². The van der Waals surface area contributed by atoms with Crippen LogP contribution in [0.4, 0.5) is 0 Å². The second-order valence-electron chi connectivity index (χ2n) is 4.36. The van der Waals surface area contributed by atoms with Gasteiger partial charge in [-0.2, -0.15) is 0 Å². The van der Waals surface area contributed by atoms with E-state index in [-0.39, 0.29) is 17.5 Å². The molecule has 5 heteroatoms. The number of carbonyl (C=O) groups excluding carboxylic acids is 1. The smallest absolute Gasteiger partial charge is 0.254 e. The summed E-state index contributed by atoms with van der Waals surface area (Å²) in [4.78, 5) is 13.6. The highest BCUT2D eigenvalue weighted by Gasteiger charge is 2.27. The Morgan fingerprint density at radius 3 is 2.18 bits per heavy atom. The van der Waals surface area contributed by atoms with Gasteiger partial charge in [-0.25, -0.2) is 0 Å². The number of phenolic OH excluding ortho intramolecular Hbond substituents is 3. The van der Waals surface area contributed by atoms with Crippen LogP contribution in [-0.4, -0.2) is 39.2 Å². The highest BCUT2D eigenvalue weighted by Crippen LogP contribution is 2.36. The van der Waals surface area contributed by atoms with Crippen LogP contribution in [0.5, 0.6) is 17.2 Å². The Bertz CT molecular complexity index is 431. The monoisotopic (exact) mass is 237 g/mol. The molecule has 3 N–H and O–H groups in total. The molecule has 17 heavy (non-hydrogen) atoms. The molecule has 1 aromatic rings. The van der Waals surface area contributed by atoms with E-state index in [1.165, 1.54) is 0 Å². The first-order chi connectivity index (χ1) is 8.00. The molecule has 1 fully saturated rings. The summed E-state index contributed by atoms with van der Waals surface area (Å²) in [6.45, 7) is 0. The van der Waals surface area contributed by atoms with E-state index in [0.717, 1.165) is 31.4 Å². The van der Waals surface area contributed by atoms with Gasteiger partial charge in [0.15, 0.2) is 17.2 Å². The maximum absolute atomic E-state index is 12.0. The molecule has 0 bridgehead atoms. The second-order valence-corrected chi connectivity index (χ2v) is 4.36. The van der Waals surface area contributed by atoms with Crippen LogP contribution in [0.2, 0.25) is 0 Å². The molecular weight excluding hydrogens is 222 g/mol. The average molecular weight is 237 g/mol. The van der Waals surface area contributed by atoms with Crippen LogP contribution >= 0.6 is 0 Å². The quantitative estimate of drug-likeness (QED) is 0.680. The third-order valence-corrected chi connectivity index (χ3v) is 3.26. The topological polar surface area (TPSA) is 81.0 Å². The van der Waals surface area contributed by atoms with Gasteiger partial charge in [0.25, 0.3) is 5.91 Å². The lowest BCUT2D eigenvalue weighted by molar-refractivity contribution is 0.0651. The van der Waals surface area contributed by atoms with E-state index >= 15 is 0 Å². The SMILES string of the molecule is CN(C(=O)c1cc(O)c(O)c(O)c1)C1CCC1. The van der Waals surface area contributed by atoms with E-state index in [2.05, 4.69) is 0 Å². The van der Waals surface area contributed by atoms with Crippen molar-refractivity contribution in [1.29, 1.82) is 0 Å². The van der Waals surface area contributed by atoms with Crippen molar-refractivity contribution in [3.8, 4) is 17.2 Å². The molecule has 0 atom stereocenters. The minimum atomic E-state index is -0.604. The standard InChI is InChI=1S/C12H15NO4/c1-13(8-3-2-4-8)12(17)7-5-9(14)11(16)10(15)6-7/h5-6,8,14-16H,2-4H2,1H3. The van der Waals surface area contributed by atoms with Crippen LogP contribution in [0.3, 0.4) is 0 Å². The number of benzene rings is 1. The fourth-order valence-electron chi connectivity index (χ4n) is 1.87. The Labute approximate surface area is 98.9 Å². The van der Waals surface area contributed by atoms with Crippen molar-refractivity contribution in [2.24, 2.45) is 0 Å². The van der Waals surface area contributed by atoms with Gasteiger partial charge in [0, 0.05) is 18.7 Å². The Morgan fingerprint density at radius 1 is 1.24 bits per heavy atom. The molecule has 0 saturated heterocycles. The van der Waals surface area contributed by atoms with E-state index in [0.29, 0.717) is 0 Å². The summed E-state index contributed by atoms with van der Waals surface area (Å²) in [6.07, 6.45) is 3.09. The Balaban J connectivity index is 2.24. The summed E-state index contributed by atoms with van der Waals surface area (Å²) in [5.41, 5.74) is 0.173. The molecule has 0 spiro atoms. The molecule has 0 radical (unpaired) electrons. The molecule has 1 saturated carbocycles. The first-order valence-corrected chi connectivity index (χ1v) is 5.53. The number of hydrogen-bond donors (Lipinski definition) is 3. The molecule has 0 aromatic heterocycles. The van der Waals surface area contributed by atoms with Crippen molar-refractivity contribution < 1.29 is 20.1 Å². The maximum atomic E-state index is 12.0. The summed E-state index contributed by atoms with van der Waals surface area (Å²) < 4.78 is 0. The minimum Gasteiger partial charge on any atom is -0.504 e. The molecule has 1 aliphatic rings. The van der Waals surface area contributed by atoms with Gasteiger partial charge in [-0.15, -0.1) is 0 Å². The van der Waals surface area contributed by atoms with Gasteiger partial charge in [-0.05, 0) is 31.4 Å². The number of aromatic hydroxyl groups is 3. The van der Waals surface area contributed by atoms with E-state index in [9.17, 15) is 20.1 Å². The first-order valence-electron chi connectivity index (χ1n) is 5.53. The molecule has 1 amide bonds. The van der Waals surface area contributed by atoms with Crippen molar-refractivity contribution in [1.82, 2.24) is 4.90 Å². The van der Waals surface area contributed by atoms with Crippen molar-refractivity contribution >= 4 is 5.91 Å². The predicted octanol–water partition coefficient (Wildman–Crippen LogP) is 1.43. The lowest BCUT2D eigenvalue weighted by Crippen LogP contribution is -2.41. The van der Waals surface area contributed by atoms with Gasteiger partial charge in [0.2, 0.25) is 0 Å². The fourth-order valence-corrected chi connectivity index (χ4v) is 1.87. The Morgan fingerprint density at radius 2 is 1.76 bits per heavy atom. The molecule has 0 heterocycles. The van der Waals surface area contributed by atoms with Crippen LogP contribution in [0, 0.1) is 0 Å². The molecule has 1 aliphatic carbocycles. The lowest BCUT2D eigenvalue weighted by atomic mass is 9.91. The number of amides is 1. The maximum Gasteiger partial charge on any atom is 0.254 e. The highest BCUT2D eigenvalue weighted by atomic mass is 16.3. The molecule has 5 nitrogen and oxygen atoms in total. The van der Waals surface area contributed by atoms with Crippen molar-refractivity contribution in [2.45, 2.75) is 25.3 Å². The minimum absolute atomic E-state index is 0.173. The van der Waals surface area contributed by atoms with Gasteiger partial charge in [-0.1, -0.05) is 0 Å². The number of nitrogens with zero attached hydrogens (tertiary/aromatic N) is 1. The van der Waals surface area contributed by atoms with Crippen LogP contribution in [0.15, 0.2) is 12.1 Å². The summed E-state index contributed by atoms with van der Waals surface area (Å²) >= 11 is 0. The van der Waals surface area contributed by atoms with Crippen molar-refractivity contribution in [3.63, 3.8) is 0 Å². The van der Waals surface area contributed by atoms with Gasteiger partial charge in [0.1, 0.15) is 0 Å². The van der Waals surface area contributed by atoms with Gasteiger partial charge >= 0.3 is 0 Å². The third-order valence-electron chi connectivity index (χ3n) is 3.26. The van der Waals surface area contributed by atoms with Crippen LogP contribution < -0.4 is 0 Å². The van der Waals surface area contributed by atoms with Gasteiger partial charge in [-0.3, -0.25) is 4.79 Å². The average Bonchev–Trinajstić information content (AvgIpc) is 2.21. The molecule has 0 aliphatic heterocycles. The highest BCUT2D eigenvalue weighted by molar-refractivity contribution is 5.95. The molecule has 92 valence electrons. The summed E-state index contributed by atoms with van der Waals surface area (Å²) in [5, 5.41) is 27.9. The van der Waals surface area contributed by atoms with E-state index < -0.39 is 17.2 Å². The Hall–Kier alpha value is -1.91. The molecule has 2 rings (SSSR count). The number of rotatable bonds is 2. The molecular formula is C12H15NO4. The van der Waals surface area contributed by atoms with Crippen molar-refractivity contribution in [3.05, 3.63) is 17.7 Å². The van der Waals surface area contributed by atoms with Crippen LogP contribution in [-0.2, 0) is 0 Å².